The molecular weight excluding hydrogens is 300 g/mol. The molecule has 1 aromatic heterocycles. The zero-order chi connectivity index (χ0) is 16.3. The van der Waals surface area contributed by atoms with Crippen LogP contribution >= 0.6 is 11.3 Å². The minimum atomic E-state index is -0.511. The highest BCUT2D eigenvalue weighted by atomic mass is 32.1. The fraction of sp³-hybridized carbons (Fsp3) is 0.625. The summed E-state index contributed by atoms with van der Waals surface area (Å²) in [7, 11) is 0. The van der Waals surface area contributed by atoms with Gasteiger partial charge in [-0.15, -0.1) is 11.3 Å². The predicted octanol–water partition coefficient (Wildman–Crippen LogP) is 3.19. The van der Waals surface area contributed by atoms with Gasteiger partial charge in [0.25, 0.3) is 5.91 Å². The van der Waals surface area contributed by atoms with Gasteiger partial charge in [-0.25, -0.2) is 4.79 Å². The maximum Gasteiger partial charge on any atom is 0.407 e. The fourth-order valence-electron chi connectivity index (χ4n) is 2.55. The number of carbonyl (C=O) groups is 2. The van der Waals surface area contributed by atoms with Crippen LogP contribution in [-0.4, -0.2) is 41.6 Å². The van der Waals surface area contributed by atoms with E-state index in [1.807, 2.05) is 44.0 Å². The number of rotatable bonds is 3. The number of hydrogen-bond acceptors (Lipinski definition) is 4. The van der Waals surface area contributed by atoms with E-state index in [0.717, 1.165) is 29.8 Å². The highest BCUT2D eigenvalue weighted by Gasteiger charge is 2.31. The number of nitrogens with one attached hydrogen (secondary N) is 1. The van der Waals surface area contributed by atoms with Gasteiger partial charge in [-0.05, 0) is 57.5 Å². The number of carbonyl (C=O) groups excluding carboxylic acids is 2. The molecule has 1 aliphatic heterocycles. The van der Waals surface area contributed by atoms with Gasteiger partial charge in [0.05, 0.1) is 4.88 Å². The maximum absolute atomic E-state index is 12.6. The lowest BCUT2D eigenvalue weighted by Gasteiger charge is -2.26. The van der Waals surface area contributed by atoms with Crippen LogP contribution in [0.15, 0.2) is 11.4 Å². The van der Waals surface area contributed by atoms with E-state index in [1.165, 1.54) is 11.3 Å². The Bertz CT molecular complexity index is 548. The fourth-order valence-corrected chi connectivity index (χ4v) is 3.43. The Hall–Kier alpha value is -1.56. The van der Waals surface area contributed by atoms with Crippen molar-refractivity contribution in [3.8, 4) is 0 Å². The molecule has 2 heterocycles. The molecule has 0 aromatic carbocycles. The van der Waals surface area contributed by atoms with Crippen LogP contribution in [0.2, 0.25) is 0 Å². The summed E-state index contributed by atoms with van der Waals surface area (Å²) in [5.74, 6) is 0.0704. The summed E-state index contributed by atoms with van der Waals surface area (Å²) in [6, 6.07) is 2.00. The van der Waals surface area contributed by atoms with Crippen LogP contribution in [0.4, 0.5) is 4.79 Å². The van der Waals surface area contributed by atoms with Crippen LogP contribution in [-0.2, 0) is 4.74 Å². The first-order valence-electron chi connectivity index (χ1n) is 7.60. The number of hydrogen-bond donors (Lipinski definition) is 1. The first-order chi connectivity index (χ1) is 10.3. The monoisotopic (exact) mass is 324 g/mol. The zero-order valence-corrected chi connectivity index (χ0v) is 14.5. The lowest BCUT2D eigenvalue weighted by Crippen LogP contribution is -2.44. The van der Waals surface area contributed by atoms with E-state index in [-0.39, 0.29) is 11.9 Å². The molecule has 0 unspecified atom stereocenters. The van der Waals surface area contributed by atoms with E-state index < -0.39 is 11.7 Å². The average Bonchev–Trinajstić information content (AvgIpc) is 3.02. The Labute approximate surface area is 135 Å². The van der Waals surface area contributed by atoms with Gasteiger partial charge in [0, 0.05) is 19.1 Å². The molecule has 0 saturated carbocycles. The second kappa shape index (κ2) is 6.69. The number of aryl methyl sites for hydroxylation is 1. The molecule has 1 atom stereocenters. The average molecular weight is 324 g/mol. The van der Waals surface area contributed by atoms with E-state index in [1.54, 1.807) is 0 Å². The Balaban J connectivity index is 1.93. The number of thiophene rings is 1. The maximum atomic E-state index is 12.6. The quantitative estimate of drug-likeness (QED) is 0.929. The minimum absolute atomic E-state index is 0.0431. The van der Waals surface area contributed by atoms with Crippen molar-refractivity contribution in [3.63, 3.8) is 0 Å². The molecule has 122 valence electrons. The van der Waals surface area contributed by atoms with Crippen molar-refractivity contribution < 1.29 is 14.3 Å². The molecule has 6 heteroatoms. The van der Waals surface area contributed by atoms with Crippen molar-refractivity contribution in [2.75, 3.05) is 13.1 Å². The molecule has 1 aromatic rings. The van der Waals surface area contributed by atoms with Gasteiger partial charge in [0.1, 0.15) is 5.60 Å². The van der Waals surface area contributed by atoms with Crippen molar-refractivity contribution >= 4 is 23.3 Å². The SMILES string of the molecule is Cc1ccsc1C(=O)N1CCC[C@H]1CNC(=O)OC(C)(C)C. The topological polar surface area (TPSA) is 58.6 Å². The molecule has 0 bridgehead atoms. The van der Waals surface area contributed by atoms with E-state index in [9.17, 15) is 9.59 Å². The molecule has 0 aliphatic carbocycles. The minimum Gasteiger partial charge on any atom is -0.444 e. The van der Waals surface area contributed by atoms with Crippen LogP contribution in [0.5, 0.6) is 0 Å². The molecule has 1 N–H and O–H groups in total. The molecule has 1 fully saturated rings. The predicted molar refractivity (Wildman–Crippen MR) is 87.4 cm³/mol. The first-order valence-corrected chi connectivity index (χ1v) is 8.48. The number of amides is 2. The number of nitrogens with zero attached hydrogens (tertiary/aromatic N) is 1. The van der Waals surface area contributed by atoms with Crippen molar-refractivity contribution in [2.24, 2.45) is 0 Å². The molecule has 22 heavy (non-hydrogen) atoms. The Morgan fingerprint density at radius 3 is 2.77 bits per heavy atom. The summed E-state index contributed by atoms with van der Waals surface area (Å²) < 4.78 is 5.23. The molecule has 2 amide bonds. The third kappa shape index (κ3) is 4.22. The van der Waals surface area contributed by atoms with Crippen molar-refractivity contribution in [1.82, 2.24) is 10.2 Å². The molecular formula is C16H24N2O3S. The van der Waals surface area contributed by atoms with Crippen molar-refractivity contribution in [1.29, 1.82) is 0 Å². The smallest absolute Gasteiger partial charge is 0.407 e. The lowest BCUT2D eigenvalue weighted by atomic mass is 10.2. The Morgan fingerprint density at radius 1 is 1.45 bits per heavy atom. The summed E-state index contributed by atoms with van der Waals surface area (Å²) in [5, 5.41) is 4.71. The van der Waals surface area contributed by atoms with E-state index in [2.05, 4.69) is 5.32 Å². The van der Waals surface area contributed by atoms with E-state index in [4.69, 9.17) is 4.74 Å². The number of alkyl carbamates (subject to hydrolysis) is 1. The number of likely N-dealkylation sites (tertiary alicyclic amines) is 1. The highest BCUT2D eigenvalue weighted by Crippen LogP contribution is 2.24. The Morgan fingerprint density at radius 2 is 2.18 bits per heavy atom. The Kier molecular flexibility index (Phi) is 5.11. The van der Waals surface area contributed by atoms with Crippen molar-refractivity contribution in [3.05, 3.63) is 21.9 Å². The van der Waals surface area contributed by atoms with Gasteiger partial charge in [-0.2, -0.15) is 0 Å². The summed E-state index contributed by atoms with van der Waals surface area (Å²) >= 11 is 1.48. The van der Waals surface area contributed by atoms with Gasteiger partial charge in [0.2, 0.25) is 0 Å². The van der Waals surface area contributed by atoms with Crippen LogP contribution in [0.25, 0.3) is 0 Å². The van der Waals surface area contributed by atoms with Crippen LogP contribution < -0.4 is 5.32 Å². The molecule has 1 saturated heterocycles. The standard InChI is InChI=1S/C16H24N2O3S/c1-11-7-9-22-13(11)14(19)18-8-5-6-12(18)10-17-15(20)21-16(2,3)4/h7,9,12H,5-6,8,10H2,1-4H3,(H,17,20)/t12-/m0/s1. The third-order valence-corrected chi connectivity index (χ3v) is 4.58. The number of ether oxygens (including phenoxy) is 1. The highest BCUT2D eigenvalue weighted by molar-refractivity contribution is 7.12. The normalized spacial score (nSPS) is 18.4. The van der Waals surface area contributed by atoms with Crippen LogP contribution in [0.1, 0.15) is 48.8 Å². The lowest BCUT2D eigenvalue weighted by molar-refractivity contribution is 0.0502. The van der Waals surface area contributed by atoms with E-state index >= 15 is 0 Å². The van der Waals surface area contributed by atoms with Crippen molar-refractivity contribution in [2.45, 2.75) is 52.2 Å². The summed E-state index contributed by atoms with van der Waals surface area (Å²) in [6.07, 6.45) is 1.45. The largest absolute Gasteiger partial charge is 0.444 e. The van der Waals surface area contributed by atoms with Gasteiger partial charge in [-0.3, -0.25) is 4.79 Å². The molecule has 5 nitrogen and oxygen atoms in total. The third-order valence-electron chi connectivity index (χ3n) is 3.58. The van der Waals surface area contributed by atoms with Crippen LogP contribution in [0.3, 0.4) is 0 Å². The van der Waals surface area contributed by atoms with Gasteiger partial charge >= 0.3 is 6.09 Å². The van der Waals surface area contributed by atoms with Gasteiger partial charge < -0.3 is 15.0 Å². The van der Waals surface area contributed by atoms with E-state index in [0.29, 0.717) is 6.54 Å². The zero-order valence-electron chi connectivity index (χ0n) is 13.6. The first kappa shape index (κ1) is 16.8. The molecule has 0 radical (unpaired) electrons. The summed E-state index contributed by atoms with van der Waals surface area (Å²) in [4.78, 5) is 27.0. The van der Waals surface area contributed by atoms with Gasteiger partial charge in [-0.1, -0.05) is 0 Å². The molecule has 2 rings (SSSR count). The second-order valence-corrected chi connectivity index (χ2v) is 7.53. The second-order valence-electron chi connectivity index (χ2n) is 6.61. The van der Waals surface area contributed by atoms with Gasteiger partial charge in [0.15, 0.2) is 0 Å². The summed E-state index contributed by atoms with van der Waals surface area (Å²) in [6.45, 7) is 8.63. The summed E-state index contributed by atoms with van der Waals surface area (Å²) in [5.41, 5.74) is 0.504. The molecule has 1 aliphatic rings. The van der Waals surface area contributed by atoms with Crippen LogP contribution in [0, 0.1) is 6.92 Å². The molecule has 0 spiro atoms.